The molecule has 200 valence electrons. The van der Waals surface area contributed by atoms with E-state index in [1.807, 2.05) is 31.2 Å². The van der Waals surface area contributed by atoms with Gasteiger partial charge in [-0.3, -0.25) is 14.9 Å². The van der Waals surface area contributed by atoms with Crippen LogP contribution in [0.3, 0.4) is 0 Å². The first kappa shape index (κ1) is 28.5. The number of carbonyl (C=O) groups excluding carboxylic acids is 1. The fourth-order valence-corrected chi connectivity index (χ4v) is 3.71. The minimum atomic E-state index is -0.505. The second kappa shape index (κ2) is 14.0. The molecule has 9 nitrogen and oxygen atoms in total. The molecule has 0 unspecified atom stereocenters. The zero-order valence-corrected chi connectivity index (χ0v) is 21.8. The topological polar surface area (TPSA) is 124 Å². The highest BCUT2D eigenvalue weighted by atomic mass is 16.6. The van der Waals surface area contributed by atoms with Crippen molar-refractivity contribution in [1.82, 2.24) is 5.32 Å². The average molecular weight is 528 g/mol. The Morgan fingerprint density at radius 2 is 1.79 bits per heavy atom. The molecule has 0 aliphatic rings. The second-order valence-electron chi connectivity index (χ2n) is 8.35. The van der Waals surface area contributed by atoms with Crippen molar-refractivity contribution in [3.05, 3.63) is 111 Å². The van der Waals surface area contributed by atoms with Gasteiger partial charge in [0.1, 0.15) is 24.0 Å². The van der Waals surface area contributed by atoms with Gasteiger partial charge in [-0.05, 0) is 72.5 Å². The summed E-state index contributed by atoms with van der Waals surface area (Å²) >= 11 is 0. The Hall–Kier alpha value is -5.10. The minimum Gasteiger partial charge on any atom is -0.497 e. The summed E-state index contributed by atoms with van der Waals surface area (Å²) in [5.41, 5.74) is 2.89. The first-order chi connectivity index (χ1) is 18.9. The normalized spacial score (nSPS) is 10.7. The van der Waals surface area contributed by atoms with Crippen LogP contribution in [-0.2, 0) is 24.4 Å². The molecular formula is C30H29N3O6. The number of carbonyl (C=O) groups is 1. The lowest BCUT2D eigenvalue weighted by atomic mass is 10.0. The Kier molecular flexibility index (Phi) is 10.2. The van der Waals surface area contributed by atoms with Crippen molar-refractivity contribution in [2.24, 2.45) is 0 Å². The van der Waals surface area contributed by atoms with Crippen LogP contribution in [0.1, 0.15) is 29.2 Å². The van der Waals surface area contributed by atoms with Crippen molar-refractivity contribution in [2.75, 3.05) is 13.7 Å². The number of benzene rings is 3. The zero-order chi connectivity index (χ0) is 28.2. The molecule has 0 heterocycles. The van der Waals surface area contributed by atoms with Crippen molar-refractivity contribution < 1.29 is 23.9 Å². The van der Waals surface area contributed by atoms with Gasteiger partial charge in [0.15, 0.2) is 11.5 Å². The van der Waals surface area contributed by atoms with E-state index in [0.29, 0.717) is 35.8 Å². The highest BCUT2D eigenvalue weighted by Crippen LogP contribution is 2.35. The summed E-state index contributed by atoms with van der Waals surface area (Å²) in [6.45, 7) is 6.43. The number of non-ortho nitro benzene ring substituents is 1. The van der Waals surface area contributed by atoms with Gasteiger partial charge in [0, 0.05) is 24.2 Å². The fraction of sp³-hybridized carbons (Fsp3) is 0.200. The molecule has 39 heavy (non-hydrogen) atoms. The van der Waals surface area contributed by atoms with Gasteiger partial charge in [-0.15, -0.1) is 6.58 Å². The molecule has 3 aromatic carbocycles. The summed E-state index contributed by atoms with van der Waals surface area (Å²) in [5, 5.41) is 23.4. The molecule has 0 aliphatic heterocycles. The largest absolute Gasteiger partial charge is 0.497 e. The van der Waals surface area contributed by atoms with Crippen LogP contribution in [0.2, 0.25) is 0 Å². The molecule has 0 atom stereocenters. The number of hydrogen-bond donors (Lipinski definition) is 1. The first-order valence-electron chi connectivity index (χ1n) is 12.2. The van der Waals surface area contributed by atoms with Crippen LogP contribution in [0.4, 0.5) is 5.69 Å². The maximum absolute atomic E-state index is 12.7. The van der Waals surface area contributed by atoms with Crippen LogP contribution >= 0.6 is 0 Å². The summed E-state index contributed by atoms with van der Waals surface area (Å²) in [7, 11) is 1.58. The molecule has 3 rings (SSSR count). The molecule has 0 saturated carbocycles. The summed E-state index contributed by atoms with van der Waals surface area (Å²) in [6.07, 6.45) is 3.66. The molecule has 0 aliphatic carbocycles. The smallest absolute Gasteiger partial charge is 0.269 e. The van der Waals surface area contributed by atoms with Crippen molar-refractivity contribution in [3.8, 4) is 23.3 Å². The molecule has 1 N–H and O–H groups in total. The number of allylic oxidation sites excluding steroid dienone is 1. The number of hydrogen-bond acceptors (Lipinski definition) is 7. The van der Waals surface area contributed by atoms with E-state index in [2.05, 4.69) is 11.9 Å². The van der Waals surface area contributed by atoms with Gasteiger partial charge in [-0.1, -0.05) is 18.2 Å². The quantitative estimate of drug-likeness (QED) is 0.102. The van der Waals surface area contributed by atoms with E-state index in [9.17, 15) is 20.2 Å². The Morgan fingerprint density at radius 3 is 2.38 bits per heavy atom. The van der Waals surface area contributed by atoms with E-state index in [1.54, 1.807) is 43.5 Å². The van der Waals surface area contributed by atoms with E-state index >= 15 is 0 Å². The van der Waals surface area contributed by atoms with E-state index in [4.69, 9.17) is 14.2 Å². The number of nitrogens with zero attached hydrogens (tertiary/aromatic N) is 2. The Bertz CT molecular complexity index is 1390. The standard InChI is InChI=1S/C30H29N3O6/c1-4-6-24-15-23(16-25(18-31)30(34)32-19-21-9-13-27(37-3)14-10-21)17-28(38-5-2)29(24)39-20-22-7-11-26(12-8-22)33(35)36/h4,7-17H,1,5-6,19-20H2,2-3H3,(H,32,34)/b25-16+. The van der Waals surface area contributed by atoms with Gasteiger partial charge in [-0.2, -0.15) is 5.26 Å². The summed E-state index contributed by atoms with van der Waals surface area (Å²) < 4.78 is 17.1. The van der Waals surface area contributed by atoms with Crippen LogP contribution in [0.15, 0.2) is 78.9 Å². The van der Waals surface area contributed by atoms with Crippen molar-refractivity contribution in [2.45, 2.75) is 26.5 Å². The number of nitriles is 1. The molecule has 0 aromatic heterocycles. The summed E-state index contributed by atoms with van der Waals surface area (Å²) in [5.74, 6) is 1.15. The van der Waals surface area contributed by atoms with Gasteiger partial charge in [0.25, 0.3) is 11.6 Å². The number of nitro benzene ring substituents is 1. The van der Waals surface area contributed by atoms with Crippen molar-refractivity contribution in [1.29, 1.82) is 5.26 Å². The van der Waals surface area contributed by atoms with Gasteiger partial charge in [-0.25, -0.2) is 0 Å². The van der Waals surface area contributed by atoms with E-state index in [-0.39, 0.29) is 24.4 Å². The minimum absolute atomic E-state index is 0.00132. The monoisotopic (exact) mass is 527 g/mol. The summed E-state index contributed by atoms with van der Waals surface area (Å²) in [4.78, 5) is 23.2. The Labute approximate surface area is 227 Å². The van der Waals surface area contributed by atoms with Crippen molar-refractivity contribution in [3.63, 3.8) is 0 Å². The van der Waals surface area contributed by atoms with Crippen LogP contribution in [0.25, 0.3) is 6.08 Å². The number of nitro groups is 1. The average Bonchev–Trinajstić information content (AvgIpc) is 2.95. The van der Waals surface area contributed by atoms with Gasteiger partial charge < -0.3 is 19.5 Å². The van der Waals surface area contributed by atoms with E-state index < -0.39 is 10.8 Å². The van der Waals surface area contributed by atoms with Crippen molar-refractivity contribution >= 4 is 17.7 Å². The predicted molar refractivity (Wildman–Crippen MR) is 147 cm³/mol. The van der Waals surface area contributed by atoms with Crippen LogP contribution < -0.4 is 19.5 Å². The maximum Gasteiger partial charge on any atom is 0.269 e. The van der Waals surface area contributed by atoms with Gasteiger partial charge in [0.2, 0.25) is 0 Å². The third kappa shape index (κ3) is 7.94. The zero-order valence-electron chi connectivity index (χ0n) is 21.8. The van der Waals surface area contributed by atoms with Crippen LogP contribution in [-0.4, -0.2) is 24.5 Å². The molecule has 3 aromatic rings. The molecule has 0 radical (unpaired) electrons. The van der Waals surface area contributed by atoms with Crippen LogP contribution in [0.5, 0.6) is 17.2 Å². The molecule has 0 saturated heterocycles. The Balaban J connectivity index is 1.83. The Morgan fingerprint density at radius 1 is 1.10 bits per heavy atom. The third-order valence-electron chi connectivity index (χ3n) is 5.64. The van der Waals surface area contributed by atoms with E-state index in [1.165, 1.54) is 18.2 Å². The lowest BCUT2D eigenvalue weighted by Gasteiger charge is -2.17. The fourth-order valence-electron chi connectivity index (χ4n) is 3.71. The predicted octanol–water partition coefficient (Wildman–Crippen LogP) is 5.53. The molecule has 0 fully saturated rings. The number of ether oxygens (including phenoxy) is 3. The number of nitrogens with one attached hydrogen (secondary N) is 1. The first-order valence-corrected chi connectivity index (χ1v) is 12.2. The number of methoxy groups -OCH3 is 1. The molecular weight excluding hydrogens is 498 g/mol. The molecule has 0 spiro atoms. The summed E-state index contributed by atoms with van der Waals surface area (Å²) in [6, 6.07) is 18.8. The highest BCUT2D eigenvalue weighted by Gasteiger charge is 2.16. The maximum atomic E-state index is 12.7. The molecule has 1 amide bonds. The van der Waals surface area contributed by atoms with Crippen LogP contribution in [0, 0.1) is 21.4 Å². The number of amides is 1. The lowest BCUT2D eigenvalue weighted by Crippen LogP contribution is -2.23. The SMILES string of the molecule is C=CCc1cc(/C=C(\C#N)C(=O)NCc2ccc(OC)cc2)cc(OCC)c1OCc1ccc([N+](=O)[O-])cc1. The van der Waals surface area contributed by atoms with E-state index in [0.717, 1.165) is 16.7 Å². The van der Waals surface area contributed by atoms with Gasteiger partial charge in [0.05, 0.1) is 18.6 Å². The number of rotatable bonds is 13. The lowest BCUT2D eigenvalue weighted by molar-refractivity contribution is -0.384. The second-order valence-corrected chi connectivity index (χ2v) is 8.35. The molecule has 9 heteroatoms. The third-order valence-corrected chi connectivity index (χ3v) is 5.64. The van der Waals surface area contributed by atoms with Gasteiger partial charge >= 0.3 is 0 Å². The molecule has 0 bridgehead atoms. The highest BCUT2D eigenvalue weighted by molar-refractivity contribution is 6.01.